The van der Waals surface area contributed by atoms with Crippen molar-refractivity contribution in [3.63, 3.8) is 0 Å². The maximum atomic E-state index is 9.29. The van der Waals surface area contributed by atoms with Crippen molar-refractivity contribution in [2.75, 3.05) is 0 Å². The van der Waals surface area contributed by atoms with Crippen LogP contribution in [0.5, 0.6) is 11.5 Å². The summed E-state index contributed by atoms with van der Waals surface area (Å²) in [5, 5.41) is 18.5. The average molecular weight is 178 g/mol. The molecule has 0 aliphatic heterocycles. The van der Waals surface area contributed by atoms with Gasteiger partial charge in [0.05, 0.1) is 0 Å². The molecular formula is C11H14O2. The van der Waals surface area contributed by atoms with Gasteiger partial charge in [0, 0.05) is 0 Å². The number of aromatic hydroxyl groups is 2. The normalized spacial score (nSPS) is 11.8. The monoisotopic (exact) mass is 178 g/mol. The van der Waals surface area contributed by atoms with Gasteiger partial charge in [0.25, 0.3) is 0 Å². The first kappa shape index (κ1) is 9.65. The third kappa shape index (κ3) is 1.83. The minimum absolute atomic E-state index is 0.0647. The van der Waals surface area contributed by atoms with Gasteiger partial charge in [-0.05, 0) is 49.6 Å². The number of allylic oxidation sites excluding steroid dienone is 2. The van der Waals surface area contributed by atoms with Crippen LogP contribution in [0, 0.1) is 6.92 Å². The van der Waals surface area contributed by atoms with E-state index in [1.165, 1.54) is 0 Å². The lowest BCUT2D eigenvalue weighted by atomic mass is 10.0. The fourth-order valence-electron chi connectivity index (χ4n) is 1.26. The first-order valence-electron chi connectivity index (χ1n) is 4.22. The van der Waals surface area contributed by atoms with Gasteiger partial charge < -0.3 is 10.2 Å². The van der Waals surface area contributed by atoms with E-state index >= 15 is 0 Å². The molecule has 1 aromatic carbocycles. The zero-order valence-electron chi connectivity index (χ0n) is 8.13. The van der Waals surface area contributed by atoms with E-state index in [0.29, 0.717) is 0 Å². The van der Waals surface area contributed by atoms with Crippen LogP contribution in [0.3, 0.4) is 0 Å². The Kier molecular flexibility index (Phi) is 2.61. The van der Waals surface area contributed by atoms with E-state index in [4.69, 9.17) is 0 Å². The molecule has 0 unspecified atom stereocenters. The van der Waals surface area contributed by atoms with Crippen LogP contribution in [-0.4, -0.2) is 10.2 Å². The number of rotatable bonds is 1. The Balaban J connectivity index is 3.32. The smallest absolute Gasteiger partial charge is 0.158 e. The summed E-state index contributed by atoms with van der Waals surface area (Å²) < 4.78 is 0. The standard InChI is InChI=1S/C11H14O2/c1-4-7(2)9-6-11(13)10(12)5-8(9)3/h4-6,12-13H,1-3H3. The second-order valence-corrected chi connectivity index (χ2v) is 3.13. The summed E-state index contributed by atoms with van der Waals surface area (Å²) in [6.45, 7) is 5.82. The van der Waals surface area contributed by atoms with Crippen LogP contribution in [0.4, 0.5) is 0 Å². The van der Waals surface area contributed by atoms with Crippen LogP contribution < -0.4 is 0 Å². The molecule has 2 N–H and O–H groups in total. The van der Waals surface area contributed by atoms with E-state index in [1.54, 1.807) is 12.1 Å². The Hall–Kier alpha value is -1.44. The van der Waals surface area contributed by atoms with Crippen molar-refractivity contribution >= 4 is 5.57 Å². The molecule has 0 heterocycles. The van der Waals surface area contributed by atoms with Crippen molar-refractivity contribution in [1.82, 2.24) is 0 Å². The molecule has 0 spiro atoms. The minimum Gasteiger partial charge on any atom is -0.504 e. The largest absolute Gasteiger partial charge is 0.504 e. The number of benzene rings is 1. The van der Waals surface area contributed by atoms with Gasteiger partial charge in [-0.1, -0.05) is 6.08 Å². The Morgan fingerprint density at radius 3 is 2.31 bits per heavy atom. The van der Waals surface area contributed by atoms with Crippen molar-refractivity contribution in [3.8, 4) is 11.5 Å². The first-order valence-corrected chi connectivity index (χ1v) is 4.22. The molecule has 13 heavy (non-hydrogen) atoms. The highest BCUT2D eigenvalue weighted by Crippen LogP contribution is 2.31. The van der Waals surface area contributed by atoms with Crippen LogP contribution in [0.2, 0.25) is 0 Å². The zero-order chi connectivity index (χ0) is 10.0. The predicted molar refractivity (Wildman–Crippen MR) is 53.8 cm³/mol. The van der Waals surface area contributed by atoms with Gasteiger partial charge in [0.1, 0.15) is 0 Å². The fourth-order valence-corrected chi connectivity index (χ4v) is 1.26. The molecule has 0 aliphatic carbocycles. The Morgan fingerprint density at radius 1 is 1.23 bits per heavy atom. The van der Waals surface area contributed by atoms with Gasteiger partial charge >= 0.3 is 0 Å². The maximum absolute atomic E-state index is 9.29. The Labute approximate surface area is 78.2 Å². The van der Waals surface area contributed by atoms with Gasteiger partial charge in [-0.15, -0.1) is 0 Å². The third-order valence-electron chi connectivity index (χ3n) is 2.18. The highest BCUT2D eigenvalue weighted by Gasteiger charge is 2.05. The van der Waals surface area contributed by atoms with E-state index in [2.05, 4.69) is 0 Å². The van der Waals surface area contributed by atoms with Gasteiger partial charge in [0.2, 0.25) is 0 Å². The SMILES string of the molecule is CC=C(C)c1cc(O)c(O)cc1C. The molecule has 0 radical (unpaired) electrons. The average Bonchev–Trinajstić information content (AvgIpc) is 2.10. The van der Waals surface area contributed by atoms with Crippen molar-refractivity contribution < 1.29 is 10.2 Å². The summed E-state index contributed by atoms with van der Waals surface area (Å²) in [5.74, 6) is -0.132. The summed E-state index contributed by atoms with van der Waals surface area (Å²) >= 11 is 0. The number of phenolic OH excluding ortho intramolecular Hbond substituents is 2. The summed E-state index contributed by atoms with van der Waals surface area (Å²) in [5.41, 5.74) is 3.02. The summed E-state index contributed by atoms with van der Waals surface area (Å²) in [4.78, 5) is 0. The number of phenols is 2. The van der Waals surface area contributed by atoms with E-state index in [0.717, 1.165) is 16.7 Å². The molecule has 0 saturated carbocycles. The maximum Gasteiger partial charge on any atom is 0.158 e. The van der Waals surface area contributed by atoms with Crippen molar-refractivity contribution in [1.29, 1.82) is 0 Å². The third-order valence-corrected chi connectivity index (χ3v) is 2.18. The molecular weight excluding hydrogens is 164 g/mol. The molecule has 0 aliphatic rings. The first-order chi connectivity index (χ1) is 6.06. The van der Waals surface area contributed by atoms with Gasteiger partial charge in [-0.3, -0.25) is 0 Å². The van der Waals surface area contributed by atoms with Crippen molar-refractivity contribution in [2.24, 2.45) is 0 Å². The zero-order valence-corrected chi connectivity index (χ0v) is 8.13. The van der Waals surface area contributed by atoms with Crippen molar-refractivity contribution in [2.45, 2.75) is 20.8 Å². The minimum atomic E-state index is -0.0678. The second kappa shape index (κ2) is 3.52. The van der Waals surface area contributed by atoms with Gasteiger partial charge in [-0.2, -0.15) is 0 Å². The Bertz CT molecular complexity index is 351. The van der Waals surface area contributed by atoms with Gasteiger partial charge in [-0.25, -0.2) is 0 Å². The quantitative estimate of drug-likeness (QED) is 0.649. The van der Waals surface area contributed by atoms with Crippen LogP contribution in [0.25, 0.3) is 5.57 Å². The van der Waals surface area contributed by atoms with Crippen LogP contribution in [0.15, 0.2) is 18.2 Å². The van der Waals surface area contributed by atoms with E-state index in [9.17, 15) is 10.2 Å². The molecule has 1 aromatic rings. The van der Waals surface area contributed by atoms with Crippen LogP contribution >= 0.6 is 0 Å². The Morgan fingerprint density at radius 2 is 1.77 bits per heavy atom. The molecule has 0 fully saturated rings. The van der Waals surface area contributed by atoms with E-state index < -0.39 is 0 Å². The number of hydrogen-bond acceptors (Lipinski definition) is 2. The summed E-state index contributed by atoms with van der Waals surface area (Å²) in [6, 6.07) is 3.15. The lowest BCUT2D eigenvalue weighted by molar-refractivity contribution is 0.403. The molecule has 1 rings (SSSR count). The topological polar surface area (TPSA) is 40.5 Å². The molecule has 2 nitrogen and oxygen atoms in total. The molecule has 70 valence electrons. The van der Waals surface area contributed by atoms with Gasteiger partial charge in [0.15, 0.2) is 11.5 Å². The highest BCUT2D eigenvalue weighted by molar-refractivity contribution is 5.69. The lowest BCUT2D eigenvalue weighted by Gasteiger charge is -2.07. The fraction of sp³-hybridized carbons (Fsp3) is 0.273. The number of hydrogen-bond donors (Lipinski definition) is 2. The molecule has 0 atom stereocenters. The lowest BCUT2D eigenvalue weighted by Crippen LogP contribution is -1.85. The van der Waals surface area contributed by atoms with E-state index in [-0.39, 0.29) is 11.5 Å². The molecule has 0 saturated heterocycles. The molecule has 2 heteroatoms. The van der Waals surface area contributed by atoms with Crippen LogP contribution in [0.1, 0.15) is 25.0 Å². The van der Waals surface area contributed by atoms with Crippen LogP contribution in [-0.2, 0) is 0 Å². The summed E-state index contributed by atoms with van der Waals surface area (Å²) in [7, 11) is 0. The number of aryl methyl sites for hydroxylation is 1. The second-order valence-electron chi connectivity index (χ2n) is 3.13. The summed E-state index contributed by atoms with van der Waals surface area (Å²) in [6.07, 6.45) is 1.97. The molecule has 0 bridgehead atoms. The highest BCUT2D eigenvalue weighted by atomic mass is 16.3. The van der Waals surface area contributed by atoms with E-state index in [1.807, 2.05) is 26.8 Å². The predicted octanol–water partition coefficient (Wildman–Crippen LogP) is 2.83. The van der Waals surface area contributed by atoms with Crippen molar-refractivity contribution in [3.05, 3.63) is 29.3 Å². The molecule has 0 aromatic heterocycles. The molecule has 0 amide bonds.